The second-order valence-electron chi connectivity index (χ2n) is 9.97. The van der Waals surface area contributed by atoms with E-state index in [0.29, 0.717) is 0 Å². The second kappa shape index (κ2) is 7.45. The van der Waals surface area contributed by atoms with Gasteiger partial charge >= 0.3 is 0 Å². The van der Waals surface area contributed by atoms with E-state index in [2.05, 4.69) is 39.0 Å². The third kappa shape index (κ3) is 3.83. The Morgan fingerprint density at radius 1 is 0.640 bits per heavy atom. The summed E-state index contributed by atoms with van der Waals surface area (Å²) in [7, 11) is 0. The first-order valence-electron chi connectivity index (χ1n) is 11.2. The summed E-state index contributed by atoms with van der Waals surface area (Å²) in [6.07, 6.45) is 15.1. The molecule has 4 unspecified atom stereocenters. The van der Waals surface area contributed by atoms with Crippen LogP contribution in [0.15, 0.2) is 18.2 Å². The molecule has 3 fully saturated rings. The van der Waals surface area contributed by atoms with Crippen LogP contribution in [0.1, 0.15) is 93.7 Å². The molecule has 25 heavy (non-hydrogen) atoms. The van der Waals surface area contributed by atoms with Gasteiger partial charge in [0, 0.05) is 0 Å². The zero-order valence-corrected chi connectivity index (χ0v) is 16.8. The van der Waals surface area contributed by atoms with Crippen molar-refractivity contribution in [1.82, 2.24) is 0 Å². The molecule has 138 valence electrons. The maximum Gasteiger partial charge on any atom is -0.0159 e. The zero-order valence-electron chi connectivity index (χ0n) is 16.8. The molecule has 0 nitrogen and oxygen atoms in total. The maximum atomic E-state index is 2.48. The highest BCUT2D eigenvalue weighted by molar-refractivity contribution is 5.32. The maximum absolute atomic E-state index is 2.48. The van der Waals surface area contributed by atoms with Crippen LogP contribution in [-0.2, 0) is 0 Å². The van der Waals surface area contributed by atoms with Gasteiger partial charge in [0.2, 0.25) is 0 Å². The van der Waals surface area contributed by atoms with E-state index in [1.165, 1.54) is 62.5 Å². The number of fused-ring (bicyclic) bond motifs is 1. The van der Waals surface area contributed by atoms with Gasteiger partial charge in [-0.25, -0.2) is 0 Å². The summed E-state index contributed by atoms with van der Waals surface area (Å²) in [6, 6.07) is 7.25. The first kappa shape index (κ1) is 17.6. The summed E-state index contributed by atoms with van der Waals surface area (Å²) in [5, 5.41) is 0. The van der Waals surface area contributed by atoms with Gasteiger partial charge in [0.05, 0.1) is 0 Å². The van der Waals surface area contributed by atoms with E-state index >= 15 is 0 Å². The van der Waals surface area contributed by atoms with Crippen LogP contribution in [0.4, 0.5) is 0 Å². The summed E-state index contributed by atoms with van der Waals surface area (Å²) in [5.74, 6) is 6.08. The van der Waals surface area contributed by atoms with Crippen LogP contribution in [-0.4, -0.2) is 0 Å². The third-order valence-corrected chi connectivity index (χ3v) is 8.38. The van der Waals surface area contributed by atoms with Gasteiger partial charge in [0.25, 0.3) is 0 Å². The van der Waals surface area contributed by atoms with Gasteiger partial charge in [-0.15, -0.1) is 0 Å². The van der Waals surface area contributed by atoms with Crippen LogP contribution in [0, 0.1) is 43.4 Å². The molecule has 0 spiro atoms. The molecule has 1 aromatic carbocycles. The molecule has 4 rings (SSSR count). The van der Waals surface area contributed by atoms with E-state index in [1.807, 2.05) is 0 Å². The van der Waals surface area contributed by atoms with Gasteiger partial charge in [-0.2, -0.15) is 0 Å². The first-order valence-corrected chi connectivity index (χ1v) is 11.2. The number of hydrogen-bond acceptors (Lipinski definition) is 0. The lowest BCUT2D eigenvalue weighted by molar-refractivity contribution is 0.0732. The fourth-order valence-electron chi connectivity index (χ4n) is 6.43. The topological polar surface area (TPSA) is 0 Å². The first-order chi connectivity index (χ1) is 12.1. The number of hydrogen-bond donors (Lipinski definition) is 0. The summed E-state index contributed by atoms with van der Waals surface area (Å²) >= 11 is 0. The molecule has 0 aromatic heterocycles. The van der Waals surface area contributed by atoms with Crippen molar-refractivity contribution in [2.24, 2.45) is 29.6 Å². The Morgan fingerprint density at radius 2 is 1.24 bits per heavy atom. The molecule has 3 saturated carbocycles. The Morgan fingerprint density at radius 3 is 1.96 bits per heavy atom. The smallest absolute Gasteiger partial charge is 0.0159 e. The minimum absolute atomic E-state index is 0.840. The van der Waals surface area contributed by atoms with Crippen molar-refractivity contribution in [3.8, 4) is 0 Å². The quantitative estimate of drug-likeness (QED) is 0.526. The monoisotopic (exact) mass is 338 g/mol. The summed E-state index contributed by atoms with van der Waals surface area (Å²) < 4.78 is 0. The summed E-state index contributed by atoms with van der Waals surface area (Å²) in [5.41, 5.74) is 4.56. The van der Waals surface area contributed by atoms with E-state index in [9.17, 15) is 0 Å². The van der Waals surface area contributed by atoms with E-state index in [4.69, 9.17) is 0 Å². The molecular formula is C25H38. The van der Waals surface area contributed by atoms with Gasteiger partial charge in [-0.05, 0) is 117 Å². The molecular weight excluding hydrogens is 300 g/mol. The van der Waals surface area contributed by atoms with Crippen molar-refractivity contribution in [3.63, 3.8) is 0 Å². The van der Waals surface area contributed by atoms with E-state index in [-0.39, 0.29) is 0 Å². The van der Waals surface area contributed by atoms with Crippen LogP contribution in [0.3, 0.4) is 0 Å². The lowest BCUT2D eigenvalue weighted by Gasteiger charge is -2.45. The predicted octanol–water partition coefficient (Wildman–Crippen LogP) is 7.43. The lowest BCUT2D eigenvalue weighted by atomic mass is 9.60. The van der Waals surface area contributed by atoms with Gasteiger partial charge in [0.15, 0.2) is 0 Å². The molecule has 0 amide bonds. The Hall–Kier alpha value is -0.780. The number of aryl methyl sites for hydroxylation is 2. The van der Waals surface area contributed by atoms with Crippen molar-refractivity contribution in [2.45, 2.75) is 90.9 Å². The van der Waals surface area contributed by atoms with Gasteiger partial charge in [-0.1, -0.05) is 38.0 Å². The molecule has 3 aliphatic carbocycles. The second-order valence-corrected chi connectivity index (χ2v) is 9.97. The van der Waals surface area contributed by atoms with Crippen molar-refractivity contribution < 1.29 is 0 Å². The molecule has 4 atom stereocenters. The number of rotatable bonds is 2. The van der Waals surface area contributed by atoms with Crippen LogP contribution in [0.2, 0.25) is 0 Å². The molecule has 0 heteroatoms. The SMILES string of the molecule is Cc1ccc(C2CCC3CC(C4CCC(C)CC4)CCC3C2)cc1C. The molecule has 1 aromatic rings. The Balaban J connectivity index is 1.36. The summed E-state index contributed by atoms with van der Waals surface area (Å²) in [4.78, 5) is 0. The fraction of sp³-hybridized carbons (Fsp3) is 0.760. The molecule has 0 saturated heterocycles. The minimum atomic E-state index is 0.840. The fourth-order valence-corrected chi connectivity index (χ4v) is 6.43. The van der Waals surface area contributed by atoms with E-state index < -0.39 is 0 Å². The Kier molecular flexibility index (Phi) is 5.25. The molecule has 0 bridgehead atoms. The van der Waals surface area contributed by atoms with Crippen LogP contribution in [0.25, 0.3) is 0 Å². The largest absolute Gasteiger partial charge is 0.0625 e. The lowest BCUT2D eigenvalue weighted by Crippen LogP contribution is -2.34. The highest BCUT2D eigenvalue weighted by Crippen LogP contribution is 2.50. The highest BCUT2D eigenvalue weighted by Gasteiger charge is 2.38. The molecule has 0 radical (unpaired) electrons. The van der Waals surface area contributed by atoms with Crippen molar-refractivity contribution in [1.29, 1.82) is 0 Å². The van der Waals surface area contributed by atoms with Crippen molar-refractivity contribution in [2.75, 3.05) is 0 Å². The zero-order chi connectivity index (χ0) is 17.4. The van der Waals surface area contributed by atoms with Gasteiger partial charge in [-0.3, -0.25) is 0 Å². The van der Waals surface area contributed by atoms with Crippen molar-refractivity contribution >= 4 is 0 Å². The summed E-state index contributed by atoms with van der Waals surface area (Å²) in [6.45, 7) is 6.98. The number of benzene rings is 1. The normalized spacial score (nSPS) is 39.0. The predicted molar refractivity (Wildman–Crippen MR) is 108 cm³/mol. The van der Waals surface area contributed by atoms with Gasteiger partial charge < -0.3 is 0 Å². The molecule has 0 aliphatic heterocycles. The molecule has 3 aliphatic rings. The van der Waals surface area contributed by atoms with Crippen LogP contribution >= 0.6 is 0 Å². The van der Waals surface area contributed by atoms with Crippen LogP contribution in [0.5, 0.6) is 0 Å². The average molecular weight is 339 g/mol. The molecule has 0 heterocycles. The van der Waals surface area contributed by atoms with E-state index in [0.717, 1.165) is 35.5 Å². The average Bonchev–Trinajstić information content (AvgIpc) is 2.64. The van der Waals surface area contributed by atoms with Gasteiger partial charge in [0.1, 0.15) is 0 Å². The molecule has 0 N–H and O–H groups in total. The minimum Gasteiger partial charge on any atom is -0.0625 e. The van der Waals surface area contributed by atoms with Crippen LogP contribution < -0.4 is 0 Å². The van der Waals surface area contributed by atoms with E-state index in [1.54, 1.807) is 18.4 Å². The Bertz CT molecular complexity index is 578. The standard InChI is InChI=1S/C25H38/c1-17-4-7-20(8-5-17)22-10-11-25-16-23(12-13-24(25)15-22)21-9-6-18(2)19(3)14-21/h6,9,14,17,20,22-25H,4-5,7-8,10-13,15-16H2,1-3H3. The van der Waals surface area contributed by atoms with Crippen molar-refractivity contribution in [3.05, 3.63) is 34.9 Å². The Labute approximate surface area is 155 Å². The third-order valence-electron chi connectivity index (χ3n) is 8.38. The highest BCUT2D eigenvalue weighted by atomic mass is 14.4.